The van der Waals surface area contributed by atoms with Crippen molar-refractivity contribution in [1.29, 1.82) is 0 Å². The van der Waals surface area contributed by atoms with Crippen LogP contribution in [0.5, 0.6) is 0 Å². The maximum atomic E-state index is 9.12. The fourth-order valence-corrected chi connectivity index (χ4v) is 1.12. The Morgan fingerprint density at radius 2 is 2.25 bits per heavy atom. The highest BCUT2D eigenvalue weighted by molar-refractivity contribution is 5.05. The normalized spacial score (nSPS) is 44.9. The van der Waals surface area contributed by atoms with Crippen molar-refractivity contribution >= 4 is 0 Å². The lowest BCUT2D eigenvalue weighted by atomic mass is 9.73. The first kappa shape index (κ1) is 5.65. The van der Waals surface area contributed by atoms with Crippen LogP contribution in [0, 0.1) is 18.3 Å². The van der Waals surface area contributed by atoms with Gasteiger partial charge in [-0.25, -0.2) is 0 Å². The molecule has 1 heteroatoms. The molecule has 1 aliphatic rings. The van der Waals surface area contributed by atoms with Crippen LogP contribution < -0.4 is 0 Å². The first-order valence-corrected chi connectivity index (χ1v) is 2.82. The van der Waals surface area contributed by atoms with Crippen LogP contribution in [0.3, 0.4) is 0 Å². The molecule has 0 atom stereocenters. The molecule has 0 aromatic heterocycles. The molecule has 1 aliphatic carbocycles. The zero-order chi connectivity index (χ0) is 6.20. The molecule has 0 amide bonds. The van der Waals surface area contributed by atoms with E-state index in [4.69, 9.17) is 11.5 Å². The predicted molar refractivity (Wildman–Crippen MR) is 32.2 cm³/mol. The second kappa shape index (κ2) is 1.50. The molecule has 1 rings (SSSR count). The van der Waals surface area contributed by atoms with Gasteiger partial charge in [0.25, 0.3) is 0 Å². The van der Waals surface area contributed by atoms with E-state index >= 15 is 0 Å². The van der Waals surface area contributed by atoms with Gasteiger partial charge in [0.1, 0.15) is 0 Å². The van der Waals surface area contributed by atoms with Crippen LogP contribution in [0.15, 0.2) is 0 Å². The third-order valence-corrected chi connectivity index (χ3v) is 1.61. The van der Waals surface area contributed by atoms with E-state index in [9.17, 15) is 0 Å². The van der Waals surface area contributed by atoms with Gasteiger partial charge in [-0.05, 0) is 19.8 Å². The average molecular weight is 110 g/mol. The lowest BCUT2D eigenvalue weighted by Crippen LogP contribution is -2.39. The molecule has 0 aliphatic heterocycles. The Labute approximate surface area is 49.7 Å². The van der Waals surface area contributed by atoms with Gasteiger partial charge in [-0.15, -0.1) is 12.3 Å². The van der Waals surface area contributed by atoms with Crippen molar-refractivity contribution in [1.82, 2.24) is 0 Å². The molecule has 44 valence electrons. The summed E-state index contributed by atoms with van der Waals surface area (Å²) in [6.07, 6.45) is 6.66. The minimum Gasteiger partial charge on any atom is -0.390 e. The number of aliphatic hydroxyl groups is 1. The summed E-state index contributed by atoms with van der Waals surface area (Å²) in [6, 6.07) is 0. The summed E-state index contributed by atoms with van der Waals surface area (Å²) in [5.41, 5.74) is -0.447. The molecule has 0 bridgehead atoms. The summed E-state index contributed by atoms with van der Waals surface area (Å²) in [4.78, 5) is 0. The van der Waals surface area contributed by atoms with Crippen LogP contribution in [-0.4, -0.2) is 10.7 Å². The second-order valence-corrected chi connectivity index (χ2v) is 2.77. The highest BCUT2D eigenvalue weighted by Crippen LogP contribution is 2.36. The molecule has 1 saturated carbocycles. The molecule has 0 spiro atoms. The zero-order valence-corrected chi connectivity index (χ0v) is 5.02. The molecule has 1 fully saturated rings. The van der Waals surface area contributed by atoms with Crippen molar-refractivity contribution in [3.05, 3.63) is 0 Å². The molecule has 1 N–H and O–H groups in total. The smallest absolute Gasteiger partial charge is 0.0643 e. The standard InChI is InChI=1S/C7H10O/c1-3-6-4-7(2,8)5-6/h1,6,8H,4-5H2,2H3. The second-order valence-electron chi connectivity index (χ2n) is 2.77. The highest BCUT2D eigenvalue weighted by atomic mass is 16.3. The van der Waals surface area contributed by atoms with Gasteiger partial charge in [-0.1, -0.05) is 0 Å². The fraction of sp³-hybridized carbons (Fsp3) is 0.714. The Bertz CT molecular complexity index is 122. The molecule has 8 heavy (non-hydrogen) atoms. The quantitative estimate of drug-likeness (QED) is 0.457. The summed E-state index contributed by atoms with van der Waals surface area (Å²) in [7, 11) is 0. The van der Waals surface area contributed by atoms with E-state index in [2.05, 4.69) is 5.92 Å². The molecule has 0 radical (unpaired) electrons. The number of terminal acetylenes is 1. The number of hydrogen-bond acceptors (Lipinski definition) is 1. The Morgan fingerprint density at radius 3 is 2.38 bits per heavy atom. The third kappa shape index (κ3) is 0.850. The average Bonchev–Trinajstić information content (AvgIpc) is 1.60. The van der Waals surface area contributed by atoms with Gasteiger partial charge in [0.15, 0.2) is 0 Å². The lowest BCUT2D eigenvalue weighted by Gasteiger charge is -2.37. The van der Waals surface area contributed by atoms with E-state index < -0.39 is 5.60 Å². The minimum absolute atomic E-state index is 0.338. The van der Waals surface area contributed by atoms with Crippen LogP contribution in [0.1, 0.15) is 19.8 Å². The van der Waals surface area contributed by atoms with Gasteiger partial charge in [-0.3, -0.25) is 0 Å². The van der Waals surface area contributed by atoms with Gasteiger partial charge < -0.3 is 5.11 Å². The van der Waals surface area contributed by atoms with E-state index in [-0.39, 0.29) is 0 Å². The van der Waals surface area contributed by atoms with E-state index in [1.807, 2.05) is 6.92 Å². The zero-order valence-electron chi connectivity index (χ0n) is 5.02. The van der Waals surface area contributed by atoms with Crippen LogP contribution in [0.2, 0.25) is 0 Å². The first-order chi connectivity index (χ1) is 3.64. The lowest BCUT2D eigenvalue weighted by molar-refractivity contribution is -0.0385. The van der Waals surface area contributed by atoms with Gasteiger partial charge in [0.05, 0.1) is 5.60 Å². The maximum absolute atomic E-state index is 9.12. The largest absolute Gasteiger partial charge is 0.390 e. The number of rotatable bonds is 0. The number of hydrogen-bond donors (Lipinski definition) is 1. The summed E-state index contributed by atoms with van der Waals surface area (Å²) >= 11 is 0. The molecule has 1 nitrogen and oxygen atoms in total. The highest BCUT2D eigenvalue weighted by Gasteiger charge is 2.36. The van der Waals surface area contributed by atoms with E-state index in [0.29, 0.717) is 5.92 Å². The molecule has 0 saturated heterocycles. The van der Waals surface area contributed by atoms with Crippen LogP contribution >= 0.6 is 0 Å². The van der Waals surface area contributed by atoms with Crippen LogP contribution in [0.4, 0.5) is 0 Å². The van der Waals surface area contributed by atoms with E-state index in [0.717, 1.165) is 12.8 Å². The van der Waals surface area contributed by atoms with Crippen molar-refractivity contribution < 1.29 is 5.11 Å². The van der Waals surface area contributed by atoms with Crippen molar-refractivity contribution in [3.63, 3.8) is 0 Å². The fourth-order valence-electron chi connectivity index (χ4n) is 1.12. The minimum atomic E-state index is -0.447. The Hall–Kier alpha value is -0.480. The van der Waals surface area contributed by atoms with Crippen molar-refractivity contribution in [3.8, 4) is 12.3 Å². The Balaban J connectivity index is 2.34. The van der Waals surface area contributed by atoms with Gasteiger partial charge >= 0.3 is 0 Å². The van der Waals surface area contributed by atoms with Crippen molar-refractivity contribution in [2.45, 2.75) is 25.4 Å². The van der Waals surface area contributed by atoms with Gasteiger partial charge in [0, 0.05) is 5.92 Å². The van der Waals surface area contributed by atoms with E-state index in [1.54, 1.807) is 0 Å². The van der Waals surface area contributed by atoms with Crippen LogP contribution in [0.25, 0.3) is 0 Å². The summed E-state index contributed by atoms with van der Waals surface area (Å²) in [6.45, 7) is 1.82. The molecular weight excluding hydrogens is 100 g/mol. The molecule has 0 heterocycles. The predicted octanol–water partition coefficient (Wildman–Crippen LogP) is 0.781. The maximum Gasteiger partial charge on any atom is 0.0643 e. The topological polar surface area (TPSA) is 20.2 Å². The summed E-state index contributed by atoms with van der Waals surface area (Å²) < 4.78 is 0. The van der Waals surface area contributed by atoms with E-state index in [1.165, 1.54) is 0 Å². The first-order valence-electron chi connectivity index (χ1n) is 2.82. The molecule has 0 aromatic carbocycles. The monoisotopic (exact) mass is 110 g/mol. The Morgan fingerprint density at radius 1 is 1.75 bits per heavy atom. The van der Waals surface area contributed by atoms with Crippen LogP contribution in [-0.2, 0) is 0 Å². The molecule has 0 aromatic rings. The van der Waals surface area contributed by atoms with Gasteiger partial charge in [0.2, 0.25) is 0 Å². The Kier molecular flexibility index (Phi) is 1.06. The molecular formula is C7H10O. The summed E-state index contributed by atoms with van der Waals surface area (Å²) in [5.74, 6) is 2.93. The van der Waals surface area contributed by atoms with Gasteiger partial charge in [-0.2, -0.15) is 0 Å². The van der Waals surface area contributed by atoms with Crippen molar-refractivity contribution in [2.75, 3.05) is 0 Å². The summed E-state index contributed by atoms with van der Waals surface area (Å²) in [5, 5.41) is 9.12. The SMILES string of the molecule is C#CC1CC(C)(O)C1. The third-order valence-electron chi connectivity index (χ3n) is 1.61. The molecule has 0 unspecified atom stereocenters. The van der Waals surface area contributed by atoms with Crippen molar-refractivity contribution in [2.24, 2.45) is 5.92 Å².